The van der Waals surface area contributed by atoms with Crippen molar-refractivity contribution < 1.29 is 14.3 Å². The number of nitrogens with one attached hydrogen (secondary N) is 1. The number of hydrogen-bond acceptors (Lipinski definition) is 3. The van der Waals surface area contributed by atoms with E-state index in [1.807, 2.05) is 12.1 Å². The number of carbonyl (C=O) groups is 1. The molecule has 0 bridgehead atoms. The molecule has 0 radical (unpaired) electrons. The van der Waals surface area contributed by atoms with Crippen LogP contribution in [-0.2, 0) is 11.2 Å². The number of hydrogen-bond donors (Lipinski definition) is 2. The minimum Gasteiger partial charge on any atom is -0.467 e. The molecule has 0 aliphatic rings. The molecule has 1 amide bonds. The van der Waals surface area contributed by atoms with Gasteiger partial charge in [0.15, 0.2) is 0 Å². The molecule has 1 heterocycles. The van der Waals surface area contributed by atoms with E-state index < -0.39 is 6.10 Å². The van der Waals surface area contributed by atoms with E-state index in [1.54, 1.807) is 12.1 Å². The zero-order valence-electron chi connectivity index (χ0n) is 12.3. The number of aliphatic hydroxyl groups excluding tert-OH is 1. The van der Waals surface area contributed by atoms with Crippen LogP contribution in [0.15, 0.2) is 51.6 Å². The van der Waals surface area contributed by atoms with E-state index in [-0.39, 0.29) is 12.5 Å². The van der Waals surface area contributed by atoms with Crippen molar-refractivity contribution in [1.82, 2.24) is 5.32 Å². The third-order valence-electron chi connectivity index (χ3n) is 3.40. The van der Waals surface area contributed by atoms with E-state index in [1.165, 1.54) is 11.8 Å². The average Bonchev–Trinajstić information content (AvgIpc) is 3.05. The third kappa shape index (κ3) is 5.66. The molecule has 0 aliphatic carbocycles. The molecule has 0 saturated heterocycles. The lowest BCUT2D eigenvalue weighted by Gasteiger charge is -2.09. The minimum atomic E-state index is -0.790. The average molecular weight is 366 g/mol. The second kappa shape index (κ2) is 8.76. The van der Waals surface area contributed by atoms with E-state index in [2.05, 4.69) is 33.4 Å². The van der Waals surface area contributed by atoms with Crippen LogP contribution in [0.1, 0.15) is 36.7 Å². The smallest absolute Gasteiger partial charge is 0.220 e. The Kier molecular flexibility index (Phi) is 6.68. The molecular weight excluding hydrogens is 346 g/mol. The number of aryl methyl sites for hydroxylation is 1. The second-order valence-electron chi connectivity index (χ2n) is 5.17. The number of rotatable bonds is 8. The molecular formula is C17H20BrNO3. The standard InChI is InChI=1S/C17H20BrNO3/c18-14-9-7-13(8-10-14)4-1-2-6-17(21)19-12-15(20)16-5-3-11-22-16/h3,5,7-11,15,20H,1-2,4,6,12H2,(H,19,21). The van der Waals surface area contributed by atoms with Crippen LogP contribution in [0, 0.1) is 0 Å². The highest BCUT2D eigenvalue weighted by atomic mass is 79.9. The van der Waals surface area contributed by atoms with Crippen molar-refractivity contribution in [3.8, 4) is 0 Å². The van der Waals surface area contributed by atoms with Crippen molar-refractivity contribution in [3.05, 3.63) is 58.5 Å². The van der Waals surface area contributed by atoms with Crippen LogP contribution in [0.3, 0.4) is 0 Å². The van der Waals surface area contributed by atoms with Gasteiger partial charge in [-0.05, 0) is 49.1 Å². The topological polar surface area (TPSA) is 62.5 Å². The van der Waals surface area contributed by atoms with E-state index in [4.69, 9.17) is 4.42 Å². The van der Waals surface area contributed by atoms with Crippen molar-refractivity contribution in [3.63, 3.8) is 0 Å². The van der Waals surface area contributed by atoms with Crippen molar-refractivity contribution in [2.45, 2.75) is 31.8 Å². The molecule has 1 unspecified atom stereocenters. The van der Waals surface area contributed by atoms with E-state index in [9.17, 15) is 9.90 Å². The Morgan fingerprint density at radius 3 is 2.68 bits per heavy atom. The van der Waals surface area contributed by atoms with Gasteiger partial charge in [0.1, 0.15) is 11.9 Å². The predicted molar refractivity (Wildman–Crippen MR) is 88.4 cm³/mol. The zero-order valence-corrected chi connectivity index (χ0v) is 13.9. The van der Waals surface area contributed by atoms with Gasteiger partial charge in [-0.1, -0.05) is 28.1 Å². The van der Waals surface area contributed by atoms with Gasteiger partial charge in [-0.2, -0.15) is 0 Å². The Bertz CT molecular complexity index is 566. The first-order chi connectivity index (χ1) is 10.6. The summed E-state index contributed by atoms with van der Waals surface area (Å²) in [5.74, 6) is 0.428. The third-order valence-corrected chi connectivity index (χ3v) is 3.93. The summed E-state index contributed by atoms with van der Waals surface area (Å²) < 4.78 is 6.15. The van der Waals surface area contributed by atoms with Crippen molar-refractivity contribution in [2.24, 2.45) is 0 Å². The molecule has 4 nitrogen and oxygen atoms in total. The second-order valence-corrected chi connectivity index (χ2v) is 6.08. The first kappa shape index (κ1) is 16.8. The Labute approximate surface area is 138 Å². The first-order valence-electron chi connectivity index (χ1n) is 7.38. The van der Waals surface area contributed by atoms with Gasteiger partial charge in [0.05, 0.1) is 12.8 Å². The maximum absolute atomic E-state index is 11.7. The lowest BCUT2D eigenvalue weighted by molar-refractivity contribution is -0.121. The van der Waals surface area contributed by atoms with Crippen LogP contribution in [0.2, 0.25) is 0 Å². The Morgan fingerprint density at radius 1 is 1.23 bits per heavy atom. The van der Waals surface area contributed by atoms with Gasteiger partial charge in [0.25, 0.3) is 0 Å². The summed E-state index contributed by atoms with van der Waals surface area (Å²) in [6.45, 7) is 0.180. The minimum absolute atomic E-state index is 0.0404. The highest BCUT2D eigenvalue weighted by Gasteiger charge is 2.11. The largest absolute Gasteiger partial charge is 0.467 e. The predicted octanol–water partition coefficient (Wildman–Crippen LogP) is 3.60. The van der Waals surface area contributed by atoms with E-state index in [0.29, 0.717) is 12.2 Å². The molecule has 0 fully saturated rings. The van der Waals surface area contributed by atoms with Crippen molar-refractivity contribution >= 4 is 21.8 Å². The number of benzene rings is 1. The molecule has 0 spiro atoms. The molecule has 118 valence electrons. The maximum atomic E-state index is 11.7. The summed E-state index contributed by atoms with van der Waals surface area (Å²) in [6, 6.07) is 11.6. The van der Waals surface area contributed by atoms with Crippen LogP contribution in [0.4, 0.5) is 0 Å². The summed E-state index contributed by atoms with van der Waals surface area (Å²) in [7, 11) is 0. The van der Waals surface area contributed by atoms with E-state index >= 15 is 0 Å². The molecule has 1 aromatic carbocycles. The van der Waals surface area contributed by atoms with Crippen LogP contribution in [0.5, 0.6) is 0 Å². The summed E-state index contributed by atoms with van der Waals surface area (Å²) in [4.78, 5) is 11.7. The van der Waals surface area contributed by atoms with Crippen molar-refractivity contribution in [2.75, 3.05) is 6.54 Å². The summed E-state index contributed by atoms with van der Waals surface area (Å²) >= 11 is 3.41. The first-order valence-corrected chi connectivity index (χ1v) is 8.17. The normalized spacial score (nSPS) is 12.1. The summed E-state index contributed by atoms with van der Waals surface area (Å²) in [6.07, 6.45) is 3.95. The number of halogens is 1. The van der Waals surface area contributed by atoms with Gasteiger partial charge >= 0.3 is 0 Å². The number of amides is 1. The molecule has 0 aliphatic heterocycles. The van der Waals surface area contributed by atoms with Crippen LogP contribution >= 0.6 is 15.9 Å². The fraction of sp³-hybridized carbons (Fsp3) is 0.353. The molecule has 1 aromatic heterocycles. The fourth-order valence-corrected chi connectivity index (χ4v) is 2.41. The molecule has 2 N–H and O–H groups in total. The van der Waals surface area contributed by atoms with Gasteiger partial charge in [0, 0.05) is 10.9 Å². The summed E-state index contributed by atoms with van der Waals surface area (Å²) in [5.41, 5.74) is 1.27. The highest BCUT2D eigenvalue weighted by molar-refractivity contribution is 9.10. The van der Waals surface area contributed by atoms with Crippen LogP contribution < -0.4 is 5.32 Å². The van der Waals surface area contributed by atoms with Gasteiger partial charge in [-0.15, -0.1) is 0 Å². The monoisotopic (exact) mass is 365 g/mol. The van der Waals surface area contributed by atoms with Crippen LogP contribution in [-0.4, -0.2) is 17.6 Å². The quantitative estimate of drug-likeness (QED) is 0.702. The lowest BCUT2D eigenvalue weighted by Crippen LogP contribution is -2.27. The summed E-state index contributed by atoms with van der Waals surface area (Å²) in [5, 5.41) is 12.5. The molecule has 1 atom stereocenters. The molecule has 2 aromatic rings. The van der Waals surface area contributed by atoms with Gasteiger partial charge in [-0.3, -0.25) is 4.79 Å². The molecule has 22 heavy (non-hydrogen) atoms. The number of unbranched alkanes of at least 4 members (excludes halogenated alkanes) is 1. The number of carbonyl (C=O) groups excluding carboxylic acids is 1. The molecule has 0 saturated carbocycles. The van der Waals surface area contributed by atoms with Gasteiger partial charge in [0.2, 0.25) is 5.91 Å². The number of furan rings is 1. The van der Waals surface area contributed by atoms with Gasteiger partial charge < -0.3 is 14.8 Å². The van der Waals surface area contributed by atoms with E-state index in [0.717, 1.165) is 23.7 Å². The zero-order chi connectivity index (χ0) is 15.8. The highest BCUT2D eigenvalue weighted by Crippen LogP contribution is 2.13. The fourth-order valence-electron chi connectivity index (χ4n) is 2.15. The number of aliphatic hydroxyl groups is 1. The maximum Gasteiger partial charge on any atom is 0.220 e. The lowest BCUT2D eigenvalue weighted by atomic mass is 10.1. The van der Waals surface area contributed by atoms with Crippen LogP contribution in [0.25, 0.3) is 0 Å². The van der Waals surface area contributed by atoms with Gasteiger partial charge in [-0.25, -0.2) is 0 Å². The SMILES string of the molecule is O=C(CCCCc1ccc(Br)cc1)NCC(O)c1ccco1. The molecule has 5 heteroatoms. The Morgan fingerprint density at radius 2 is 2.00 bits per heavy atom. The Balaban J connectivity index is 1.58. The van der Waals surface area contributed by atoms with Crippen molar-refractivity contribution in [1.29, 1.82) is 0 Å². The Hall–Kier alpha value is -1.59. The molecule has 2 rings (SSSR count).